The van der Waals surface area contributed by atoms with Crippen LogP contribution in [0, 0.1) is 0 Å². The van der Waals surface area contributed by atoms with Crippen LogP contribution in [0.4, 0.5) is 0 Å². The van der Waals surface area contributed by atoms with Gasteiger partial charge in [0.1, 0.15) is 0 Å². The van der Waals surface area contributed by atoms with Crippen molar-refractivity contribution in [3.05, 3.63) is 0 Å². The fourth-order valence-electron chi connectivity index (χ4n) is 2.32. The summed E-state index contributed by atoms with van der Waals surface area (Å²) < 4.78 is 0. The first-order chi connectivity index (χ1) is 8.62. The van der Waals surface area contributed by atoms with Gasteiger partial charge in [-0.15, -0.1) is 0 Å². The third-order valence-corrected chi connectivity index (χ3v) is 3.68. The van der Waals surface area contributed by atoms with Crippen molar-refractivity contribution in [3.63, 3.8) is 0 Å². The molecule has 0 saturated heterocycles. The molecule has 106 valence electrons. The van der Waals surface area contributed by atoms with E-state index in [9.17, 15) is 4.79 Å². The Morgan fingerprint density at radius 3 is 2.28 bits per heavy atom. The van der Waals surface area contributed by atoms with Crippen LogP contribution in [0.5, 0.6) is 0 Å². The van der Waals surface area contributed by atoms with Crippen LogP contribution in [-0.2, 0) is 4.79 Å². The summed E-state index contributed by atoms with van der Waals surface area (Å²) in [7, 11) is 0. The van der Waals surface area contributed by atoms with Crippen molar-refractivity contribution in [1.29, 1.82) is 0 Å². The topological polar surface area (TPSA) is 35.6 Å². The monoisotopic (exact) mass is 255 g/mol. The Hall–Kier alpha value is -0.610. The van der Waals surface area contributed by atoms with Gasteiger partial charge >= 0.3 is 0 Å². The third-order valence-electron chi connectivity index (χ3n) is 3.68. The minimum Gasteiger partial charge on any atom is -0.339 e. The van der Waals surface area contributed by atoms with Gasteiger partial charge < -0.3 is 15.1 Å². The van der Waals surface area contributed by atoms with Gasteiger partial charge in [-0.25, -0.2) is 0 Å². The Kier molecular flexibility index (Phi) is 6.65. The van der Waals surface area contributed by atoms with Crippen molar-refractivity contribution in [3.8, 4) is 0 Å². The molecule has 0 heterocycles. The third kappa shape index (κ3) is 4.94. The lowest BCUT2D eigenvalue weighted by Crippen LogP contribution is -2.45. The van der Waals surface area contributed by atoms with Crippen LogP contribution in [0.2, 0.25) is 0 Å². The molecule has 4 heteroatoms. The van der Waals surface area contributed by atoms with Crippen molar-refractivity contribution in [2.24, 2.45) is 0 Å². The second-order valence-electron chi connectivity index (χ2n) is 5.18. The SMILES string of the molecule is CCN(CC)CC(C)NCC(=O)N(CC)C1CC1. The van der Waals surface area contributed by atoms with E-state index in [1.165, 1.54) is 12.8 Å². The molecule has 0 aromatic carbocycles. The molecule has 1 fully saturated rings. The van der Waals surface area contributed by atoms with Crippen LogP contribution >= 0.6 is 0 Å². The molecule has 4 nitrogen and oxygen atoms in total. The minimum absolute atomic E-state index is 0.256. The quantitative estimate of drug-likeness (QED) is 0.675. The molecule has 0 bridgehead atoms. The molecule has 0 aliphatic heterocycles. The van der Waals surface area contributed by atoms with Gasteiger partial charge in [0, 0.05) is 25.2 Å². The molecule has 1 saturated carbocycles. The lowest BCUT2D eigenvalue weighted by molar-refractivity contribution is -0.130. The van der Waals surface area contributed by atoms with Crippen molar-refractivity contribution in [2.45, 2.75) is 52.6 Å². The number of hydrogen-bond donors (Lipinski definition) is 1. The molecular formula is C14H29N3O. The van der Waals surface area contributed by atoms with E-state index in [-0.39, 0.29) is 5.91 Å². The number of carbonyl (C=O) groups excluding carboxylic acids is 1. The first kappa shape index (κ1) is 15.4. The Morgan fingerprint density at radius 1 is 1.22 bits per heavy atom. The van der Waals surface area contributed by atoms with Crippen LogP contribution in [0.1, 0.15) is 40.5 Å². The number of rotatable bonds is 9. The Morgan fingerprint density at radius 2 is 1.83 bits per heavy atom. The molecule has 1 N–H and O–H groups in total. The van der Waals surface area contributed by atoms with E-state index in [0.717, 1.165) is 26.2 Å². The fourth-order valence-corrected chi connectivity index (χ4v) is 2.32. The van der Waals surface area contributed by atoms with Gasteiger partial charge in [-0.05, 0) is 39.8 Å². The zero-order chi connectivity index (χ0) is 13.5. The van der Waals surface area contributed by atoms with Gasteiger partial charge in [-0.2, -0.15) is 0 Å². The predicted molar refractivity (Wildman–Crippen MR) is 75.7 cm³/mol. The van der Waals surface area contributed by atoms with E-state index in [2.05, 4.69) is 37.9 Å². The maximum atomic E-state index is 12.0. The molecule has 0 aromatic heterocycles. The molecule has 0 spiro atoms. The van der Waals surface area contributed by atoms with Crippen LogP contribution in [0.15, 0.2) is 0 Å². The maximum Gasteiger partial charge on any atom is 0.236 e. The fraction of sp³-hybridized carbons (Fsp3) is 0.929. The second-order valence-corrected chi connectivity index (χ2v) is 5.18. The lowest BCUT2D eigenvalue weighted by Gasteiger charge is -2.25. The summed E-state index contributed by atoms with van der Waals surface area (Å²) in [6.07, 6.45) is 2.38. The summed E-state index contributed by atoms with van der Waals surface area (Å²) >= 11 is 0. The molecule has 1 aliphatic carbocycles. The molecule has 1 atom stereocenters. The minimum atomic E-state index is 0.256. The molecule has 1 aliphatic rings. The largest absolute Gasteiger partial charge is 0.339 e. The zero-order valence-electron chi connectivity index (χ0n) is 12.4. The van der Waals surface area contributed by atoms with Crippen LogP contribution < -0.4 is 5.32 Å². The van der Waals surface area contributed by atoms with Crippen molar-refractivity contribution >= 4 is 5.91 Å². The van der Waals surface area contributed by atoms with E-state index in [1.807, 2.05) is 4.90 Å². The second kappa shape index (κ2) is 7.74. The molecular weight excluding hydrogens is 226 g/mol. The van der Waals surface area contributed by atoms with Gasteiger partial charge in [0.15, 0.2) is 0 Å². The number of hydrogen-bond acceptors (Lipinski definition) is 3. The van der Waals surface area contributed by atoms with Crippen LogP contribution in [0.25, 0.3) is 0 Å². The summed E-state index contributed by atoms with van der Waals surface area (Å²) in [4.78, 5) is 16.4. The van der Waals surface area contributed by atoms with Gasteiger partial charge in [0.25, 0.3) is 0 Å². The average Bonchev–Trinajstić information content (AvgIpc) is 3.18. The summed E-state index contributed by atoms with van der Waals surface area (Å²) in [5.74, 6) is 0.256. The number of likely N-dealkylation sites (N-methyl/N-ethyl adjacent to an activating group) is 2. The summed E-state index contributed by atoms with van der Waals surface area (Å²) in [6, 6.07) is 0.897. The summed E-state index contributed by atoms with van der Waals surface area (Å²) in [5.41, 5.74) is 0. The lowest BCUT2D eigenvalue weighted by atomic mass is 10.3. The van der Waals surface area contributed by atoms with Gasteiger partial charge in [-0.1, -0.05) is 13.8 Å². The maximum absolute atomic E-state index is 12.0. The first-order valence-corrected chi connectivity index (χ1v) is 7.37. The highest BCUT2D eigenvalue weighted by Crippen LogP contribution is 2.26. The molecule has 1 rings (SSSR count). The zero-order valence-corrected chi connectivity index (χ0v) is 12.4. The Bertz CT molecular complexity index is 249. The van der Waals surface area contributed by atoms with Crippen molar-refractivity contribution in [2.75, 3.05) is 32.7 Å². The Labute approximate surface area is 112 Å². The predicted octanol–water partition coefficient (Wildman–Crippen LogP) is 1.32. The summed E-state index contributed by atoms with van der Waals surface area (Å²) in [6.45, 7) is 13.0. The normalized spacial score (nSPS) is 16.9. The van der Waals surface area contributed by atoms with E-state index >= 15 is 0 Å². The van der Waals surface area contributed by atoms with Gasteiger partial charge in [0.05, 0.1) is 6.54 Å². The van der Waals surface area contributed by atoms with Crippen molar-refractivity contribution < 1.29 is 4.79 Å². The van der Waals surface area contributed by atoms with Crippen LogP contribution in [-0.4, -0.2) is 60.5 Å². The molecule has 0 aromatic rings. The van der Waals surface area contributed by atoms with E-state index in [4.69, 9.17) is 0 Å². The van der Waals surface area contributed by atoms with E-state index < -0.39 is 0 Å². The standard InChI is InChI=1S/C14H29N3O/c1-5-16(6-2)11-12(4)15-10-14(18)17(7-3)13-8-9-13/h12-13,15H,5-11H2,1-4H3. The average molecular weight is 255 g/mol. The molecule has 0 radical (unpaired) electrons. The number of nitrogens with one attached hydrogen (secondary N) is 1. The summed E-state index contributed by atoms with van der Waals surface area (Å²) in [5, 5.41) is 3.35. The molecule has 1 unspecified atom stereocenters. The number of nitrogens with zero attached hydrogens (tertiary/aromatic N) is 2. The number of amides is 1. The molecule has 1 amide bonds. The smallest absolute Gasteiger partial charge is 0.236 e. The van der Waals surface area contributed by atoms with Crippen molar-refractivity contribution in [1.82, 2.24) is 15.1 Å². The highest BCUT2D eigenvalue weighted by atomic mass is 16.2. The van der Waals surface area contributed by atoms with Crippen LogP contribution in [0.3, 0.4) is 0 Å². The highest BCUT2D eigenvalue weighted by Gasteiger charge is 2.31. The number of carbonyl (C=O) groups is 1. The first-order valence-electron chi connectivity index (χ1n) is 7.37. The van der Waals surface area contributed by atoms with Gasteiger partial charge in [0.2, 0.25) is 5.91 Å². The Balaban J connectivity index is 2.24. The van der Waals surface area contributed by atoms with Gasteiger partial charge in [-0.3, -0.25) is 4.79 Å². The van der Waals surface area contributed by atoms with E-state index in [0.29, 0.717) is 18.6 Å². The highest BCUT2D eigenvalue weighted by molar-refractivity contribution is 5.78. The van der Waals surface area contributed by atoms with E-state index in [1.54, 1.807) is 0 Å². The molecule has 18 heavy (non-hydrogen) atoms.